The Morgan fingerprint density at radius 3 is 2.33 bits per heavy atom. The zero-order chi connectivity index (χ0) is 15.5. The number of alkyl halides is 3. The van der Waals surface area contributed by atoms with Crippen LogP contribution in [0.5, 0.6) is 5.75 Å². The van der Waals surface area contributed by atoms with Crippen LogP contribution < -0.4 is 10.1 Å². The Morgan fingerprint density at radius 1 is 1.10 bits per heavy atom. The SMILES string of the molecule is O=C(Nc1ccccc1)Oc1ccc(C(F)(F)F)c(Cl)c1. The first-order valence-electron chi connectivity index (χ1n) is 5.77. The Morgan fingerprint density at radius 2 is 1.76 bits per heavy atom. The minimum Gasteiger partial charge on any atom is -0.410 e. The molecule has 0 radical (unpaired) electrons. The Hall–Kier alpha value is -2.21. The Labute approximate surface area is 123 Å². The van der Waals surface area contributed by atoms with Crippen LogP contribution in [0.25, 0.3) is 0 Å². The summed E-state index contributed by atoms with van der Waals surface area (Å²) in [5.41, 5.74) is -0.486. The highest BCUT2D eigenvalue weighted by atomic mass is 35.5. The maximum atomic E-state index is 12.5. The molecule has 1 amide bonds. The molecule has 0 heterocycles. The summed E-state index contributed by atoms with van der Waals surface area (Å²) in [5.74, 6) is -0.0820. The van der Waals surface area contributed by atoms with Crippen LogP contribution in [0.1, 0.15) is 5.56 Å². The maximum absolute atomic E-state index is 12.5. The van der Waals surface area contributed by atoms with Gasteiger partial charge in [0, 0.05) is 11.8 Å². The molecule has 3 nitrogen and oxygen atoms in total. The predicted molar refractivity (Wildman–Crippen MR) is 72.5 cm³/mol. The van der Waals surface area contributed by atoms with E-state index in [1.54, 1.807) is 30.3 Å². The number of benzene rings is 2. The molecule has 1 N–H and O–H groups in total. The van der Waals surface area contributed by atoms with Crippen molar-refractivity contribution in [3.8, 4) is 5.75 Å². The third-order valence-electron chi connectivity index (χ3n) is 2.48. The molecular formula is C14H9ClF3NO2. The minimum absolute atomic E-state index is 0.0820. The molecular weight excluding hydrogens is 307 g/mol. The van der Waals surface area contributed by atoms with E-state index in [0.717, 1.165) is 18.2 Å². The molecule has 0 saturated heterocycles. The zero-order valence-electron chi connectivity index (χ0n) is 10.4. The second kappa shape index (κ2) is 6.05. The summed E-state index contributed by atoms with van der Waals surface area (Å²) in [4.78, 5) is 11.6. The van der Waals surface area contributed by atoms with E-state index in [9.17, 15) is 18.0 Å². The summed E-state index contributed by atoms with van der Waals surface area (Å²) < 4.78 is 42.4. The van der Waals surface area contributed by atoms with Gasteiger partial charge < -0.3 is 4.74 Å². The van der Waals surface area contributed by atoms with Gasteiger partial charge in [-0.05, 0) is 24.3 Å². The molecule has 0 aliphatic heterocycles. The number of rotatable bonds is 2. The van der Waals surface area contributed by atoms with E-state index in [2.05, 4.69) is 5.32 Å². The minimum atomic E-state index is -4.55. The summed E-state index contributed by atoms with van der Waals surface area (Å²) in [6.07, 6.45) is -5.38. The van der Waals surface area contributed by atoms with Crippen molar-refractivity contribution in [3.05, 3.63) is 59.1 Å². The standard InChI is InChI=1S/C14H9ClF3NO2/c15-12-8-10(6-7-11(12)14(16,17)18)21-13(20)19-9-4-2-1-3-5-9/h1-8H,(H,19,20). The van der Waals surface area contributed by atoms with Crippen LogP contribution in [0, 0.1) is 0 Å². The molecule has 110 valence electrons. The summed E-state index contributed by atoms with van der Waals surface area (Å²) in [6, 6.07) is 11.2. The number of carbonyl (C=O) groups excluding carboxylic acids is 1. The van der Waals surface area contributed by atoms with Crippen LogP contribution in [-0.4, -0.2) is 6.09 Å². The van der Waals surface area contributed by atoms with Gasteiger partial charge in [-0.25, -0.2) is 4.79 Å². The lowest BCUT2D eigenvalue weighted by Gasteiger charge is -2.11. The fraction of sp³-hybridized carbons (Fsp3) is 0.0714. The predicted octanol–water partition coefficient (Wildman–Crippen LogP) is 4.97. The fourth-order valence-corrected chi connectivity index (χ4v) is 1.84. The highest BCUT2D eigenvalue weighted by Crippen LogP contribution is 2.36. The van der Waals surface area contributed by atoms with Gasteiger partial charge in [0.15, 0.2) is 0 Å². The first kappa shape index (κ1) is 15.2. The van der Waals surface area contributed by atoms with Gasteiger partial charge in [0.2, 0.25) is 0 Å². The lowest BCUT2D eigenvalue weighted by Crippen LogP contribution is -2.16. The molecule has 0 spiro atoms. The lowest BCUT2D eigenvalue weighted by molar-refractivity contribution is -0.137. The number of para-hydroxylation sites is 1. The third-order valence-corrected chi connectivity index (χ3v) is 2.79. The van der Waals surface area contributed by atoms with Gasteiger partial charge in [-0.2, -0.15) is 13.2 Å². The molecule has 0 saturated carbocycles. The van der Waals surface area contributed by atoms with E-state index >= 15 is 0 Å². The number of anilines is 1. The summed E-state index contributed by atoms with van der Waals surface area (Å²) in [6.45, 7) is 0. The smallest absolute Gasteiger partial charge is 0.410 e. The second-order valence-corrected chi connectivity index (χ2v) is 4.43. The van der Waals surface area contributed by atoms with Crippen LogP contribution in [0.3, 0.4) is 0 Å². The fourth-order valence-electron chi connectivity index (χ4n) is 1.56. The molecule has 0 aliphatic carbocycles. The lowest BCUT2D eigenvalue weighted by atomic mass is 10.2. The van der Waals surface area contributed by atoms with Crippen molar-refractivity contribution in [2.45, 2.75) is 6.18 Å². The van der Waals surface area contributed by atoms with Crippen molar-refractivity contribution < 1.29 is 22.7 Å². The van der Waals surface area contributed by atoms with Gasteiger partial charge in [-0.3, -0.25) is 5.32 Å². The van der Waals surface area contributed by atoms with E-state index in [-0.39, 0.29) is 5.75 Å². The van der Waals surface area contributed by atoms with Gasteiger partial charge >= 0.3 is 12.3 Å². The Kier molecular flexibility index (Phi) is 4.37. The largest absolute Gasteiger partial charge is 0.417 e. The molecule has 21 heavy (non-hydrogen) atoms. The van der Waals surface area contributed by atoms with Crippen molar-refractivity contribution in [3.63, 3.8) is 0 Å². The van der Waals surface area contributed by atoms with Gasteiger partial charge in [0.05, 0.1) is 10.6 Å². The van der Waals surface area contributed by atoms with E-state index in [4.69, 9.17) is 16.3 Å². The van der Waals surface area contributed by atoms with Gasteiger partial charge in [0.1, 0.15) is 5.75 Å². The molecule has 0 bridgehead atoms. The van der Waals surface area contributed by atoms with Crippen molar-refractivity contribution in [2.75, 3.05) is 5.32 Å². The second-order valence-electron chi connectivity index (χ2n) is 4.02. The van der Waals surface area contributed by atoms with Crippen LogP contribution in [0.4, 0.5) is 23.7 Å². The molecule has 0 aliphatic rings. The molecule has 0 atom stereocenters. The number of carbonyl (C=O) groups is 1. The van der Waals surface area contributed by atoms with E-state index in [1.165, 1.54) is 0 Å². The average Bonchev–Trinajstić information content (AvgIpc) is 2.38. The molecule has 2 aromatic carbocycles. The van der Waals surface area contributed by atoms with E-state index < -0.39 is 22.9 Å². The molecule has 0 aromatic heterocycles. The number of amides is 1. The number of hydrogen-bond acceptors (Lipinski definition) is 2. The molecule has 7 heteroatoms. The normalized spacial score (nSPS) is 11.0. The van der Waals surface area contributed by atoms with Gasteiger partial charge in [0.25, 0.3) is 0 Å². The number of nitrogens with one attached hydrogen (secondary N) is 1. The summed E-state index contributed by atoms with van der Waals surface area (Å²) >= 11 is 5.53. The van der Waals surface area contributed by atoms with E-state index in [1.807, 2.05) is 0 Å². The van der Waals surface area contributed by atoms with Crippen molar-refractivity contribution in [1.29, 1.82) is 0 Å². The van der Waals surface area contributed by atoms with Crippen LogP contribution >= 0.6 is 11.6 Å². The van der Waals surface area contributed by atoms with Crippen LogP contribution in [0.2, 0.25) is 5.02 Å². The quantitative estimate of drug-likeness (QED) is 0.849. The first-order chi connectivity index (χ1) is 9.86. The van der Waals surface area contributed by atoms with Crippen LogP contribution in [-0.2, 0) is 6.18 Å². The van der Waals surface area contributed by atoms with Crippen LogP contribution in [0.15, 0.2) is 48.5 Å². The highest BCUT2D eigenvalue weighted by molar-refractivity contribution is 6.31. The van der Waals surface area contributed by atoms with Crippen molar-refractivity contribution in [1.82, 2.24) is 0 Å². The Balaban J connectivity index is 2.07. The van der Waals surface area contributed by atoms with Crippen molar-refractivity contribution in [2.24, 2.45) is 0 Å². The van der Waals surface area contributed by atoms with E-state index in [0.29, 0.717) is 5.69 Å². The van der Waals surface area contributed by atoms with Gasteiger partial charge in [-0.1, -0.05) is 29.8 Å². The molecule has 2 rings (SSSR count). The molecule has 0 fully saturated rings. The topological polar surface area (TPSA) is 38.3 Å². The monoisotopic (exact) mass is 315 g/mol. The van der Waals surface area contributed by atoms with Crippen molar-refractivity contribution >= 4 is 23.4 Å². The number of ether oxygens (including phenoxy) is 1. The Bertz CT molecular complexity index is 644. The summed E-state index contributed by atoms with van der Waals surface area (Å²) in [7, 11) is 0. The van der Waals surface area contributed by atoms with Gasteiger partial charge in [-0.15, -0.1) is 0 Å². The molecule has 2 aromatic rings. The average molecular weight is 316 g/mol. The number of hydrogen-bond donors (Lipinski definition) is 1. The summed E-state index contributed by atoms with van der Waals surface area (Å²) in [5, 5.41) is 1.89. The molecule has 0 unspecified atom stereocenters. The highest BCUT2D eigenvalue weighted by Gasteiger charge is 2.33. The third kappa shape index (κ3) is 4.13. The maximum Gasteiger partial charge on any atom is 0.417 e. The first-order valence-corrected chi connectivity index (χ1v) is 6.14. The zero-order valence-corrected chi connectivity index (χ0v) is 11.2. The number of halogens is 4.